The molecule has 5 nitrogen and oxygen atoms in total. The number of carbonyl (C=O) groups is 1. The third-order valence-electron chi connectivity index (χ3n) is 3.69. The Bertz CT molecular complexity index is 475. The number of benzene rings is 1. The van der Waals surface area contributed by atoms with E-state index in [9.17, 15) is 9.90 Å². The number of hydrogen-bond acceptors (Lipinski definition) is 4. The second kappa shape index (κ2) is 8.03. The van der Waals surface area contributed by atoms with Gasteiger partial charge in [-0.1, -0.05) is 13.0 Å². The Morgan fingerprint density at radius 2 is 1.73 bits per heavy atom. The van der Waals surface area contributed by atoms with E-state index in [1.807, 2.05) is 39.0 Å². The maximum Gasteiger partial charge on any atom is 0.323 e. The second-order valence-electron chi connectivity index (χ2n) is 5.57. The Kier molecular flexibility index (Phi) is 6.68. The van der Waals surface area contributed by atoms with E-state index >= 15 is 0 Å². The third-order valence-corrected chi connectivity index (χ3v) is 3.69. The molecular weight excluding hydrogens is 282 g/mol. The van der Waals surface area contributed by atoms with Crippen LogP contribution in [-0.2, 0) is 4.79 Å². The highest BCUT2D eigenvalue weighted by atomic mass is 16.5. The van der Waals surface area contributed by atoms with Gasteiger partial charge >= 0.3 is 5.97 Å². The van der Waals surface area contributed by atoms with Crippen LogP contribution in [0.3, 0.4) is 0 Å². The molecule has 0 aliphatic heterocycles. The summed E-state index contributed by atoms with van der Waals surface area (Å²) in [5, 5.41) is 9.29. The van der Waals surface area contributed by atoms with Crippen molar-refractivity contribution in [2.75, 3.05) is 13.2 Å². The van der Waals surface area contributed by atoms with Gasteiger partial charge in [-0.25, -0.2) is 0 Å². The van der Waals surface area contributed by atoms with E-state index in [1.54, 1.807) is 6.92 Å². The van der Waals surface area contributed by atoms with Crippen molar-refractivity contribution < 1.29 is 19.4 Å². The predicted octanol–water partition coefficient (Wildman–Crippen LogP) is 3.17. The molecule has 0 saturated carbocycles. The van der Waals surface area contributed by atoms with E-state index in [0.717, 1.165) is 23.5 Å². The number of aliphatic carboxylic acids is 1. The third kappa shape index (κ3) is 4.37. The van der Waals surface area contributed by atoms with Crippen LogP contribution in [0.5, 0.6) is 11.5 Å². The van der Waals surface area contributed by atoms with Crippen LogP contribution in [0.2, 0.25) is 0 Å². The molecule has 0 amide bonds. The van der Waals surface area contributed by atoms with Gasteiger partial charge in [-0.2, -0.15) is 0 Å². The summed E-state index contributed by atoms with van der Waals surface area (Å²) in [4.78, 5) is 11.3. The SMILES string of the molecule is CCOc1cccc(OCC)c1C(CC)CC(C)(N)C(=O)O. The highest BCUT2D eigenvalue weighted by Crippen LogP contribution is 2.40. The highest BCUT2D eigenvalue weighted by Gasteiger charge is 2.33. The Labute approximate surface area is 132 Å². The van der Waals surface area contributed by atoms with Crippen molar-refractivity contribution in [2.24, 2.45) is 5.73 Å². The molecular formula is C17H27NO4. The molecule has 0 spiro atoms. The molecule has 1 aromatic carbocycles. The fourth-order valence-corrected chi connectivity index (χ4v) is 2.54. The molecule has 0 fully saturated rings. The van der Waals surface area contributed by atoms with Gasteiger partial charge in [-0.15, -0.1) is 0 Å². The average Bonchev–Trinajstić information content (AvgIpc) is 2.46. The van der Waals surface area contributed by atoms with Crippen LogP contribution in [-0.4, -0.2) is 29.8 Å². The Morgan fingerprint density at radius 1 is 1.23 bits per heavy atom. The van der Waals surface area contributed by atoms with Gasteiger partial charge in [0.2, 0.25) is 0 Å². The van der Waals surface area contributed by atoms with E-state index in [1.165, 1.54) is 0 Å². The summed E-state index contributed by atoms with van der Waals surface area (Å²) in [5.74, 6) is 0.427. The minimum atomic E-state index is -1.29. The largest absolute Gasteiger partial charge is 0.493 e. The van der Waals surface area contributed by atoms with Crippen LogP contribution in [0.25, 0.3) is 0 Å². The quantitative estimate of drug-likeness (QED) is 0.732. The maximum absolute atomic E-state index is 11.3. The van der Waals surface area contributed by atoms with Crippen LogP contribution in [0.1, 0.15) is 52.0 Å². The van der Waals surface area contributed by atoms with E-state index < -0.39 is 11.5 Å². The molecule has 0 aliphatic rings. The van der Waals surface area contributed by atoms with Crippen molar-refractivity contribution in [1.29, 1.82) is 0 Å². The lowest BCUT2D eigenvalue weighted by molar-refractivity contribution is -0.143. The minimum Gasteiger partial charge on any atom is -0.493 e. The molecule has 0 aromatic heterocycles. The first-order valence-electron chi connectivity index (χ1n) is 7.78. The monoisotopic (exact) mass is 309 g/mol. The number of ether oxygens (including phenoxy) is 2. The normalized spacial score (nSPS) is 15.0. The van der Waals surface area contributed by atoms with Gasteiger partial charge in [0.15, 0.2) is 0 Å². The summed E-state index contributed by atoms with van der Waals surface area (Å²) in [6.07, 6.45) is 1.08. The van der Waals surface area contributed by atoms with Crippen molar-refractivity contribution in [1.82, 2.24) is 0 Å². The Morgan fingerprint density at radius 3 is 2.09 bits per heavy atom. The summed E-state index contributed by atoms with van der Waals surface area (Å²) >= 11 is 0. The Hall–Kier alpha value is -1.75. The van der Waals surface area contributed by atoms with E-state index in [4.69, 9.17) is 15.2 Å². The standard InChI is InChI=1S/C17H27NO4/c1-5-12(11-17(4,18)16(19)20)15-13(21-6-2)9-8-10-14(15)22-7-3/h8-10,12H,5-7,11,18H2,1-4H3,(H,19,20). The van der Waals surface area contributed by atoms with Gasteiger partial charge in [-0.3, -0.25) is 4.79 Å². The van der Waals surface area contributed by atoms with Crippen LogP contribution in [0.4, 0.5) is 0 Å². The summed E-state index contributed by atoms with van der Waals surface area (Å²) in [5.41, 5.74) is 5.56. The molecule has 0 aliphatic carbocycles. The molecule has 3 N–H and O–H groups in total. The lowest BCUT2D eigenvalue weighted by Crippen LogP contribution is -2.46. The number of carboxylic acid groups (broad SMARTS) is 1. The predicted molar refractivity (Wildman–Crippen MR) is 86.7 cm³/mol. The first-order chi connectivity index (χ1) is 10.4. The van der Waals surface area contributed by atoms with Crippen molar-refractivity contribution in [3.8, 4) is 11.5 Å². The molecule has 0 bridgehead atoms. The molecule has 1 rings (SSSR count). The topological polar surface area (TPSA) is 81.8 Å². The summed E-state index contributed by atoms with van der Waals surface area (Å²) < 4.78 is 11.4. The fraction of sp³-hybridized carbons (Fsp3) is 0.588. The number of nitrogens with two attached hydrogens (primary N) is 1. The van der Waals surface area contributed by atoms with Gasteiger partial charge in [0, 0.05) is 5.56 Å². The average molecular weight is 309 g/mol. The molecule has 2 unspecified atom stereocenters. The molecule has 0 radical (unpaired) electrons. The van der Waals surface area contributed by atoms with Gasteiger partial charge in [0.25, 0.3) is 0 Å². The summed E-state index contributed by atoms with van der Waals surface area (Å²) in [6, 6.07) is 5.66. The summed E-state index contributed by atoms with van der Waals surface area (Å²) in [6.45, 7) is 8.48. The van der Waals surface area contributed by atoms with Crippen LogP contribution in [0.15, 0.2) is 18.2 Å². The zero-order valence-electron chi connectivity index (χ0n) is 13.9. The van der Waals surface area contributed by atoms with Crippen molar-refractivity contribution in [3.63, 3.8) is 0 Å². The van der Waals surface area contributed by atoms with E-state index in [-0.39, 0.29) is 5.92 Å². The van der Waals surface area contributed by atoms with Gasteiger partial charge < -0.3 is 20.3 Å². The zero-order valence-corrected chi connectivity index (χ0v) is 13.9. The van der Waals surface area contributed by atoms with Gasteiger partial charge in [0.05, 0.1) is 13.2 Å². The molecule has 22 heavy (non-hydrogen) atoms. The molecule has 5 heteroatoms. The van der Waals surface area contributed by atoms with Gasteiger partial charge in [0.1, 0.15) is 17.0 Å². The first-order valence-corrected chi connectivity index (χ1v) is 7.78. The highest BCUT2D eigenvalue weighted by molar-refractivity contribution is 5.78. The van der Waals surface area contributed by atoms with Gasteiger partial charge in [-0.05, 0) is 51.7 Å². The molecule has 0 heterocycles. The Balaban J connectivity index is 3.25. The van der Waals surface area contributed by atoms with E-state index in [0.29, 0.717) is 19.6 Å². The lowest BCUT2D eigenvalue weighted by Gasteiger charge is -2.28. The van der Waals surface area contributed by atoms with Crippen molar-refractivity contribution in [3.05, 3.63) is 23.8 Å². The molecule has 124 valence electrons. The zero-order chi connectivity index (χ0) is 16.8. The number of hydrogen-bond donors (Lipinski definition) is 2. The van der Waals surface area contributed by atoms with Crippen molar-refractivity contribution >= 4 is 5.97 Å². The second-order valence-corrected chi connectivity index (χ2v) is 5.57. The fourth-order valence-electron chi connectivity index (χ4n) is 2.54. The van der Waals surface area contributed by atoms with Crippen molar-refractivity contribution in [2.45, 2.75) is 52.0 Å². The molecule has 2 atom stereocenters. The minimum absolute atomic E-state index is 0.0459. The lowest BCUT2D eigenvalue weighted by atomic mass is 9.83. The van der Waals surface area contributed by atoms with Crippen LogP contribution in [0, 0.1) is 0 Å². The first kappa shape index (κ1) is 18.3. The maximum atomic E-state index is 11.3. The number of carboxylic acids is 1. The summed E-state index contributed by atoms with van der Waals surface area (Å²) in [7, 11) is 0. The smallest absolute Gasteiger partial charge is 0.323 e. The van der Waals surface area contributed by atoms with E-state index in [2.05, 4.69) is 0 Å². The number of rotatable bonds is 9. The molecule has 1 aromatic rings. The van der Waals surface area contributed by atoms with Crippen LogP contribution < -0.4 is 15.2 Å². The molecule has 0 saturated heterocycles. The van der Waals surface area contributed by atoms with Crippen LogP contribution >= 0.6 is 0 Å².